The van der Waals surface area contributed by atoms with Gasteiger partial charge < -0.3 is 4.90 Å². The molecule has 1 amide bonds. The van der Waals surface area contributed by atoms with Crippen molar-refractivity contribution in [1.82, 2.24) is 4.72 Å². The molecule has 33 heavy (non-hydrogen) atoms. The molecule has 5 rings (SSSR count). The number of anilines is 1. The van der Waals surface area contributed by atoms with Crippen LogP contribution in [-0.2, 0) is 27.7 Å². The number of hydrogen-bond donors (Lipinski definition) is 1. The molecule has 0 aromatic heterocycles. The van der Waals surface area contributed by atoms with E-state index < -0.39 is 10.0 Å². The van der Waals surface area contributed by atoms with E-state index in [-0.39, 0.29) is 11.8 Å². The van der Waals surface area contributed by atoms with Gasteiger partial charge in [-0.25, -0.2) is 13.1 Å². The fraction of sp³-hybridized carbons (Fsp3) is 0.296. The van der Waals surface area contributed by atoms with Crippen molar-refractivity contribution in [2.24, 2.45) is 0 Å². The second kappa shape index (κ2) is 9.12. The van der Waals surface area contributed by atoms with Crippen molar-refractivity contribution in [1.29, 1.82) is 0 Å². The summed E-state index contributed by atoms with van der Waals surface area (Å²) >= 11 is 0. The van der Waals surface area contributed by atoms with Crippen LogP contribution in [0.25, 0.3) is 0 Å². The lowest BCUT2D eigenvalue weighted by molar-refractivity contribution is -0.119. The number of carbonyl (C=O) groups is 1. The number of nitrogens with one attached hydrogen (secondary N) is 1. The quantitative estimate of drug-likeness (QED) is 0.568. The molecule has 3 aromatic carbocycles. The van der Waals surface area contributed by atoms with Gasteiger partial charge in [-0.1, -0.05) is 60.7 Å². The first kappa shape index (κ1) is 21.9. The van der Waals surface area contributed by atoms with Gasteiger partial charge in [0.1, 0.15) is 0 Å². The summed E-state index contributed by atoms with van der Waals surface area (Å²) in [4.78, 5) is 14.4. The van der Waals surface area contributed by atoms with Gasteiger partial charge in [0.05, 0.1) is 10.6 Å². The van der Waals surface area contributed by atoms with Crippen LogP contribution in [0.1, 0.15) is 47.4 Å². The molecule has 0 unspecified atom stereocenters. The van der Waals surface area contributed by atoms with E-state index in [4.69, 9.17) is 0 Å². The molecule has 0 saturated carbocycles. The van der Waals surface area contributed by atoms with Gasteiger partial charge in [-0.15, -0.1) is 0 Å². The normalized spacial score (nSPS) is 15.5. The number of amides is 1. The summed E-state index contributed by atoms with van der Waals surface area (Å²) in [5, 5.41) is 0. The lowest BCUT2D eigenvalue weighted by atomic mass is 9.89. The average molecular weight is 461 g/mol. The van der Waals surface area contributed by atoms with Crippen LogP contribution in [0.4, 0.5) is 5.69 Å². The highest BCUT2D eigenvalue weighted by atomic mass is 32.2. The number of nitrogens with zero attached hydrogens (tertiary/aromatic N) is 1. The topological polar surface area (TPSA) is 66.5 Å². The van der Waals surface area contributed by atoms with Gasteiger partial charge in [0.2, 0.25) is 15.9 Å². The zero-order chi connectivity index (χ0) is 22.8. The molecule has 6 heteroatoms. The molecule has 0 spiro atoms. The Bertz CT molecular complexity index is 1200. The highest BCUT2D eigenvalue weighted by molar-refractivity contribution is 7.89. The molecule has 0 saturated heterocycles. The Labute approximate surface area is 195 Å². The predicted octanol–water partition coefficient (Wildman–Crippen LogP) is 4.41. The van der Waals surface area contributed by atoms with Gasteiger partial charge in [0.25, 0.3) is 0 Å². The molecule has 1 N–H and O–H groups in total. The van der Waals surface area contributed by atoms with Crippen molar-refractivity contribution >= 4 is 21.6 Å². The summed E-state index contributed by atoms with van der Waals surface area (Å²) in [5.41, 5.74) is 5.23. The molecule has 2 heterocycles. The Kier molecular flexibility index (Phi) is 6.04. The van der Waals surface area contributed by atoms with E-state index >= 15 is 0 Å². The Morgan fingerprint density at radius 2 is 1.45 bits per heavy atom. The van der Waals surface area contributed by atoms with Crippen LogP contribution in [0.15, 0.2) is 77.7 Å². The molecule has 0 fully saturated rings. The molecule has 3 aromatic rings. The highest BCUT2D eigenvalue weighted by Crippen LogP contribution is 2.37. The largest absolute Gasteiger partial charge is 0.312 e. The molecule has 0 radical (unpaired) electrons. The highest BCUT2D eigenvalue weighted by Gasteiger charge is 2.31. The summed E-state index contributed by atoms with van der Waals surface area (Å²) in [5.74, 6) is 0.254. The Morgan fingerprint density at radius 3 is 2.09 bits per heavy atom. The molecule has 2 aliphatic heterocycles. The van der Waals surface area contributed by atoms with Gasteiger partial charge >= 0.3 is 0 Å². The first-order valence-corrected chi connectivity index (χ1v) is 13.1. The number of carbonyl (C=O) groups excluding carboxylic acids is 1. The van der Waals surface area contributed by atoms with Gasteiger partial charge in [0.15, 0.2) is 0 Å². The van der Waals surface area contributed by atoms with Crippen LogP contribution in [0.5, 0.6) is 0 Å². The smallest absolute Gasteiger partial charge is 0.240 e. The standard InChI is InChI=1S/C27H28N2O3S/c30-26-14-13-23-19-24(18-22-12-7-17-29(26)27(22)23)33(31,32)28-16-15-25(20-8-3-1-4-9-20)21-10-5-2-6-11-21/h1-6,8-11,18-19,25,28H,7,12-17H2. The van der Waals surface area contributed by atoms with Crippen LogP contribution < -0.4 is 9.62 Å². The number of benzene rings is 3. The van der Waals surface area contributed by atoms with Crippen molar-refractivity contribution in [3.63, 3.8) is 0 Å². The van der Waals surface area contributed by atoms with Crippen molar-refractivity contribution in [2.45, 2.75) is 42.9 Å². The van der Waals surface area contributed by atoms with E-state index in [0.29, 0.717) is 30.7 Å². The van der Waals surface area contributed by atoms with Crippen molar-refractivity contribution in [3.05, 3.63) is 95.1 Å². The lowest BCUT2D eigenvalue weighted by Crippen LogP contribution is -2.39. The fourth-order valence-corrected chi connectivity index (χ4v) is 6.24. The van der Waals surface area contributed by atoms with Crippen molar-refractivity contribution in [3.8, 4) is 0 Å². The lowest BCUT2D eigenvalue weighted by Gasteiger charge is -2.35. The zero-order valence-corrected chi connectivity index (χ0v) is 19.4. The minimum Gasteiger partial charge on any atom is -0.312 e. The van der Waals surface area contributed by atoms with Gasteiger partial charge in [-0.2, -0.15) is 0 Å². The molecule has 0 aliphatic carbocycles. The van der Waals surface area contributed by atoms with Crippen LogP contribution in [-0.4, -0.2) is 27.4 Å². The fourth-order valence-electron chi connectivity index (χ4n) is 5.09. The third kappa shape index (κ3) is 4.45. The number of aryl methyl sites for hydroxylation is 2. The second-order valence-electron chi connectivity index (χ2n) is 8.80. The third-order valence-corrected chi connectivity index (χ3v) is 8.13. The summed E-state index contributed by atoms with van der Waals surface area (Å²) in [6, 6.07) is 23.9. The molecule has 0 atom stereocenters. The summed E-state index contributed by atoms with van der Waals surface area (Å²) in [7, 11) is -3.65. The minimum atomic E-state index is -3.65. The molecular weight excluding hydrogens is 432 g/mol. The van der Waals surface area contributed by atoms with Crippen molar-refractivity contribution < 1.29 is 13.2 Å². The maximum Gasteiger partial charge on any atom is 0.240 e. The third-order valence-electron chi connectivity index (χ3n) is 6.69. The van der Waals surface area contributed by atoms with E-state index in [1.165, 1.54) is 11.1 Å². The number of rotatable bonds is 7. The van der Waals surface area contributed by atoms with Crippen LogP contribution in [0.3, 0.4) is 0 Å². The molecule has 5 nitrogen and oxygen atoms in total. The maximum absolute atomic E-state index is 13.2. The monoisotopic (exact) mass is 460 g/mol. The van der Waals surface area contributed by atoms with E-state index in [9.17, 15) is 13.2 Å². The van der Waals surface area contributed by atoms with E-state index in [0.717, 1.165) is 36.2 Å². The van der Waals surface area contributed by atoms with E-state index in [2.05, 4.69) is 29.0 Å². The van der Waals surface area contributed by atoms with Crippen LogP contribution >= 0.6 is 0 Å². The average Bonchev–Trinajstić information content (AvgIpc) is 2.85. The Morgan fingerprint density at radius 1 is 0.848 bits per heavy atom. The second-order valence-corrected chi connectivity index (χ2v) is 10.6. The zero-order valence-electron chi connectivity index (χ0n) is 18.5. The molecular formula is C27H28N2O3S. The Hall–Kier alpha value is -2.96. The molecule has 170 valence electrons. The van der Waals surface area contributed by atoms with Gasteiger partial charge in [-0.05, 0) is 60.1 Å². The van der Waals surface area contributed by atoms with Crippen molar-refractivity contribution in [2.75, 3.05) is 18.0 Å². The predicted molar refractivity (Wildman–Crippen MR) is 130 cm³/mol. The minimum absolute atomic E-state index is 0.111. The van der Waals surface area contributed by atoms with Crippen LogP contribution in [0.2, 0.25) is 0 Å². The summed E-state index contributed by atoms with van der Waals surface area (Å²) in [6.07, 6.45) is 3.38. The van der Waals surface area contributed by atoms with E-state index in [1.54, 1.807) is 12.1 Å². The SMILES string of the molecule is O=C1CCc2cc(S(=O)(=O)NCCC(c3ccccc3)c3ccccc3)cc3c2N1CCC3. The van der Waals surface area contributed by atoms with E-state index in [1.807, 2.05) is 41.3 Å². The van der Waals surface area contributed by atoms with Gasteiger partial charge in [-0.3, -0.25) is 4.79 Å². The first-order valence-electron chi connectivity index (χ1n) is 11.6. The number of hydrogen-bond acceptors (Lipinski definition) is 3. The van der Waals surface area contributed by atoms with Gasteiger partial charge in [0, 0.05) is 25.4 Å². The Balaban J connectivity index is 1.36. The summed E-state index contributed by atoms with van der Waals surface area (Å²) in [6.45, 7) is 1.07. The first-order chi connectivity index (χ1) is 16.0. The molecule has 2 aliphatic rings. The van der Waals surface area contributed by atoms with Crippen LogP contribution in [0, 0.1) is 0 Å². The number of sulfonamides is 1. The molecule has 0 bridgehead atoms. The maximum atomic E-state index is 13.2. The summed E-state index contributed by atoms with van der Waals surface area (Å²) < 4.78 is 29.3.